The molecule has 0 spiro atoms. The summed E-state index contributed by atoms with van der Waals surface area (Å²) in [5, 5.41) is 13.0. The molecule has 0 aliphatic carbocycles. The molecule has 174 valence electrons. The first kappa shape index (κ1) is 24.3. The van der Waals surface area contributed by atoms with Gasteiger partial charge in [0, 0.05) is 13.5 Å². The molecule has 1 aliphatic heterocycles. The zero-order valence-corrected chi connectivity index (χ0v) is 18.1. The number of hydrogen-bond acceptors (Lipinski definition) is 16. The number of aromatic nitrogens is 4. The van der Waals surface area contributed by atoms with Crippen molar-refractivity contribution >= 4 is 40.4 Å². The predicted molar refractivity (Wildman–Crippen MR) is 90.3 cm³/mol. The summed E-state index contributed by atoms with van der Waals surface area (Å²) in [6.45, 7) is -0.895. The number of rotatable bonds is 9. The van der Waals surface area contributed by atoms with Gasteiger partial charge in [-0.25, -0.2) is 19.3 Å². The van der Waals surface area contributed by atoms with Gasteiger partial charge < -0.3 is 43.8 Å². The SMILES string of the molecule is CNc1ncnc2c1ncn2C1CC(O)C(COP(=O)([O-])OP(=O)([O-])OP(=O)([O-])[O-])O1. The van der Waals surface area contributed by atoms with Gasteiger partial charge in [0.2, 0.25) is 0 Å². The molecule has 1 fully saturated rings. The molecule has 5 atom stereocenters. The Morgan fingerprint density at radius 1 is 1.19 bits per heavy atom. The second-order valence-electron chi connectivity index (χ2n) is 6.03. The summed E-state index contributed by atoms with van der Waals surface area (Å²) in [5.74, 6) is 0.441. The zero-order valence-electron chi connectivity index (χ0n) is 15.4. The highest BCUT2D eigenvalue weighted by atomic mass is 31.3. The third-order valence-corrected chi connectivity index (χ3v) is 7.57. The van der Waals surface area contributed by atoms with E-state index in [0.29, 0.717) is 17.0 Å². The van der Waals surface area contributed by atoms with Crippen molar-refractivity contribution in [1.82, 2.24) is 19.5 Å². The fourth-order valence-electron chi connectivity index (χ4n) is 2.73. The van der Waals surface area contributed by atoms with Gasteiger partial charge in [0.15, 0.2) is 11.5 Å². The minimum Gasteiger partial charge on any atom is -0.790 e. The number of anilines is 1. The maximum atomic E-state index is 11.6. The van der Waals surface area contributed by atoms with Crippen LogP contribution in [0.15, 0.2) is 12.7 Å². The summed E-state index contributed by atoms with van der Waals surface area (Å²) >= 11 is 0. The van der Waals surface area contributed by atoms with E-state index in [9.17, 15) is 38.4 Å². The highest BCUT2D eigenvalue weighted by Crippen LogP contribution is 2.60. The van der Waals surface area contributed by atoms with Crippen molar-refractivity contribution in [3.8, 4) is 0 Å². The van der Waals surface area contributed by atoms with Gasteiger partial charge in [-0.3, -0.25) is 18.0 Å². The lowest BCUT2D eigenvalue weighted by Gasteiger charge is -2.37. The highest BCUT2D eigenvalue weighted by molar-refractivity contribution is 7.64. The Morgan fingerprint density at radius 2 is 1.90 bits per heavy atom. The summed E-state index contributed by atoms with van der Waals surface area (Å²) in [6.07, 6.45) is -0.711. The number of aliphatic hydroxyl groups excluding tert-OH is 1. The Hall–Kier alpha value is -1.32. The van der Waals surface area contributed by atoms with Crippen LogP contribution in [0.3, 0.4) is 0 Å². The number of imidazole rings is 1. The molecule has 0 amide bonds. The van der Waals surface area contributed by atoms with Crippen molar-refractivity contribution < 1.29 is 56.3 Å². The number of phosphoric ester groups is 1. The van der Waals surface area contributed by atoms with Gasteiger partial charge in [-0.1, -0.05) is 0 Å². The predicted octanol–water partition coefficient (Wildman–Crippen LogP) is -2.67. The summed E-state index contributed by atoms with van der Waals surface area (Å²) in [4.78, 5) is 55.6. The van der Waals surface area contributed by atoms with Crippen molar-refractivity contribution in [2.75, 3.05) is 19.0 Å². The first-order valence-electron chi connectivity index (χ1n) is 8.20. The molecule has 2 aromatic rings. The standard InChI is InChI=1S/C11H18N5O12P3/c1-12-10-9-11(14-4-13-10)16(5-15-9)8-2-6(17)7(26-8)3-25-30(21,22)28-31(23,24)27-29(18,19)20/h4-8,17H,2-3H2,1H3,(H,21,22)(H,23,24)(H,12,13,14)(H2,18,19,20)/p-4. The Morgan fingerprint density at radius 3 is 2.55 bits per heavy atom. The third-order valence-electron chi connectivity index (χ3n) is 3.91. The fourth-order valence-corrected chi connectivity index (χ4v) is 5.59. The van der Waals surface area contributed by atoms with Gasteiger partial charge in [0.1, 0.15) is 24.2 Å². The van der Waals surface area contributed by atoms with E-state index in [1.54, 1.807) is 7.05 Å². The van der Waals surface area contributed by atoms with E-state index >= 15 is 0 Å². The van der Waals surface area contributed by atoms with Crippen molar-refractivity contribution in [3.05, 3.63) is 12.7 Å². The van der Waals surface area contributed by atoms with Crippen LogP contribution in [0.25, 0.3) is 11.2 Å². The van der Waals surface area contributed by atoms with Crippen LogP contribution in [0.4, 0.5) is 5.82 Å². The monoisotopic (exact) mass is 501 g/mol. The van der Waals surface area contributed by atoms with Crippen LogP contribution >= 0.6 is 23.5 Å². The fraction of sp³-hybridized carbons (Fsp3) is 0.545. The maximum Gasteiger partial charge on any atom is 0.278 e. The van der Waals surface area contributed by atoms with Crippen molar-refractivity contribution in [2.45, 2.75) is 24.9 Å². The molecule has 1 aliphatic rings. The molecule has 0 bridgehead atoms. The number of nitrogens with one attached hydrogen (secondary N) is 1. The lowest BCUT2D eigenvalue weighted by Crippen LogP contribution is -2.27. The Kier molecular flexibility index (Phi) is 6.99. The minimum atomic E-state index is -6.09. The third kappa shape index (κ3) is 6.14. The number of nitrogens with zero attached hydrogens (tertiary/aromatic N) is 4. The minimum absolute atomic E-state index is 0.0267. The summed E-state index contributed by atoms with van der Waals surface area (Å²) < 4.78 is 50.9. The maximum absolute atomic E-state index is 11.6. The molecule has 0 aromatic carbocycles. The lowest BCUT2D eigenvalue weighted by atomic mass is 10.2. The van der Waals surface area contributed by atoms with Crippen molar-refractivity contribution in [3.63, 3.8) is 0 Å². The molecule has 0 radical (unpaired) electrons. The van der Waals surface area contributed by atoms with E-state index in [2.05, 4.69) is 33.4 Å². The van der Waals surface area contributed by atoms with E-state index < -0.39 is 48.5 Å². The van der Waals surface area contributed by atoms with Gasteiger partial charge in [-0.15, -0.1) is 0 Å². The molecule has 31 heavy (non-hydrogen) atoms. The zero-order chi connectivity index (χ0) is 23.0. The topological polar surface area (TPSA) is 256 Å². The van der Waals surface area contributed by atoms with E-state index in [0.717, 1.165) is 0 Å². The number of phosphoric acid groups is 3. The largest absolute Gasteiger partial charge is 0.790 e. The Balaban J connectivity index is 1.65. The lowest BCUT2D eigenvalue weighted by molar-refractivity contribution is -0.339. The second-order valence-corrected chi connectivity index (χ2v) is 10.3. The average Bonchev–Trinajstić information content (AvgIpc) is 3.19. The van der Waals surface area contributed by atoms with Gasteiger partial charge in [0.25, 0.3) is 15.6 Å². The van der Waals surface area contributed by atoms with Gasteiger partial charge in [-0.05, 0) is 0 Å². The quantitative estimate of drug-likeness (QED) is 0.332. The summed E-state index contributed by atoms with van der Waals surface area (Å²) in [7, 11) is -16.2. The van der Waals surface area contributed by atoms with Crippen LogP contribution in [0, 0.1) is 0 Å². The smallest absolute Gasteiger partial charge is 0.278 e. The molecule has 2 N–H and O–H groups in total. The van der Waals surface area contributed by atoms with E-state index in [1.165, 1.54) is 17.2 Å². The highest BCUT2D eigenvalue weighted by Gasteiger charge is 2.37. The first-order valence-corrected chi connectivity index (χ1v) is 12.6. The number of aliphatic hydroxyl groups is 1. The molecule has 0 saturated carbocycles. The Bertz CT molecular complexity index is 1090. The van der Waals surface area contributed by atoms with E-state index in [1.807, 2.05) is 0 Å². The molecule has 3 rings (SSSR count). The second kappa shape index (κ2) is 8.90. The van der Waals surface area contributed by atoms with Crippen LogP contribution in [-0.4, -0.2) is 50.5 Å². The number of hydrogen-bond donors (Lipinski definition) is 2. The van der Waals surface area contributed by atoms with Crippen molar-refractivity contribution in [1.29, 1.82) is 0 Å². The van der Waals surface area contributed by atoms with E-state index in [-0.39, 0.29) is 6.42 Å². The van der Waals surface area contributed by atoms with Crippen molar-refractivity contribution in [2.24, 2.45) is 0 Å². The molecule has 3 heterocycles. The molecule has 1 saturated heterocycles. The van der Waals surface area contributed by atoms with Crippen LogP contribution in [0.2, 0.25) is 0 Å². The normalized spacial score (nSPS) is 25.9. The number of ether oxygens (including phenoxy) is 1. The van der Waals surface area contributed by atoms with Crippen LogP contribution in [-0.2, 0) is 31.6 Å². The molecular formula is C11H14N5O12P3-4. The van der Waals surface area contributed by atoms with Gasteiger partial charge in [0.05, 0.1) is 26.9 Å². The first-order chi connectivity index (χ1) is 14.3. The molecule has 20 heteroatoms. The Labute approximate surface area is 173 Å². The summed E-state index contributed by atoms with van der Waals surface area (Å²) in [5.41, 5.74) is 0.778. The summed E-state index contributed by atoms with van der Waals surface area (Å²) in [6, 6.07) is 0. The van der Waals surface area contributed by atoms with Gasteiger partial charge in [-0.2, -0.15) is 0 Å². The van der Waals surface area contributed by atoms with E-state index in [4.69, 9.17) is 4.74 Å². The molecule has 5 unspecified atom stereocenters. The van der Waals surface area contributed by atoms with Crippen LogP contribution in [0.1, 0.15) is 12.6 Å². The van der Waals surface area contributed by atoms with Gasteiger partial charge >= 0.3 is 0 Å². The van der Waals surface area contributed by atoms with Crippen LogP contribution in [0.5, 0.6) is 0 Å². The molecular weight excluding hydrogens is 487 g/mol. The molecule has 2 aromatic heterocycles. The molecule has 17 nitrogen and oxygen atoms in total. The van der Waals surface area contributed by atoms with Crippen LogP contribution < -0.4 is 24.9 Å². The average molecular weight is 501 g/mol. The number of fused-ring (bicyclic) bond motifs is 1.